The summed E-state index contributed by atoms with van der Waals surface area (Å²) in [5.74, 6) is 0.480. The zero-order valence-corrected chi connectivity index (χ0v) is 30.5. The molecule has 1 atom stereocenters. The van der Waals surface area contributed by atoms with E-state index in [1.165, 1.54) is 73.2 Å². The molecule has 0 spiro atoms. The highest BCUT2D eigenvalue weighted by Gasteiger charge is 2.24. The van der Waals surface area contributed by atoms with Gasteiger partial charge in [-0.15, -0.1) is 0 Å². The summed E-state index contributed by atoms with van der Waals surface area (Å²) in [6, 6.07) is 55.6. The third-order valence-electron chi connectivity index (χ3n) is 11.1. The summed E-state index contributed by atoms with van der Waals surface area (Å²) in [6.07, 6.45) is 13.6. The summed E-state index contributed by atoms with van der Waals surface area (Å²) in [5.41, 5.74) is 17.7. The summed E-state index contributed by atoms with van der Waals surface area (Å²) in [4.78, 5) is 2.36. The standard InChI is InChI=1S/C51H44N2/c1-36-17-18-37(2)51-49(35-36)48-15-9-10-16-50(48)53(51)47-33-25-43(26-34-47)42-23-31-46(32-24-42)52(44-27-19-40(20-28-44)38-11-5-3-6-12-38)45-29-21-41(22-30-45)39-13-7-4-8-14-39/h3-7,9-13,15-16,19-35,37H,8,14,17-18H2,1-2H3. The van der Waals surface area contributed by atoms with Crippen molar-refractivity contribution in [3.8, 4) is 27.9 Å². The summed E-state index contributed by atoms with van der Waals surface area (Å²) >= 11 is 0. The maximum Gasteiger partial charge on any atom is 0.0537 e. The van der Waals surface area contributed by atoms with Crippen LogP contribution in [0.4, 0.5) is 17.1 Å². The van der Waals surface area contributed by atoms with E-state index >= 15 is 0 Å². The smallest absolute Gasteiger partial charge is 0.0537 e. The van der Waals surface area contributed by atoms with E-state index in [1.54, 1.807) is 0 Å². The van der Waals surface area contributed by atoms with Crippen LogP contribution in [0.15, 0.2) is 175 Å². The molecule has 0 N–H and O–H groups in total. The number of aromatic nitrogens is 1. The number of allylic oxidation sites excluding steroid dienone is 5. The van der Waals surface area contributed by atoms with E-state index in [0.29, 0.717) is 5.92 Å². The van der Waals surface area contributed by atoms with Gasteiger partial charge in [-0.2, -0.15) is 0 Å². The number of anilines is 3. The molecular formula is C51H44N2. The molecule has 53 heavy (non-hydrogen) atoms. The quantitative estimate of drug-likeness (QED) is 0.162. The monoisotopic (exact) mass is 684 g/mol. The number of para-hydroxylation sites is 1. The van der Waals surface area contributed by atoms with E-state index < -0.39 is 0 Å². The Morgan fingerprint density at radius 1 is 0.566 bits per heavy atom. The maximum atomic E-state index is 2.50. The van der Waals surface area contributed by atoms with Gasteiger partial charge in [0.2, 0.25) is 0 Å². The van der Waals surface area contributed by atoms with Crippen LogP contribution in [0.3, 0.4) is 0 Å². The Labute approximate surface area is 313 Å². The molecule has 2 aliphatic carbocycles. The highest BCUT2D eigenvalue weighted by Crippen LogP contribution is 2.41. The molecule has 0 saturated heterocycles. The number of fused-ring (bicyclic) bond motifs is 3. The molecule has 7 aromatic rings. The van der Waals surface area contributed by atoms with Crippen molar-refractivity contribution in [2.45, 2.75) is 45.4 Å². The average Bonchev–Trinajstić information content (AvgIpc) is 3.47. The Bertz CT molecular complexity index is 2470. The minimum absolute atomic E-state index is 0.480. The lowest BCUT2D eigenvalue weighted by atomic mass is 9.97. The number of rotatable bonds is 7. The van der Waals surface area contributed by atoms with Gasteiger partial charge in [0.05, 0.1) is 5.52 Å². The molecule has 0 amide bonds. The summed E-state index contributed by atoms with van der Waals surface area (Å²) in [6.45, 7) is 4.66. The van der Waals surface area contributed by atoms with Crippen molar-refractivity contribution < 1.29 is 0 Å². The molecule has 6 aromatic carbocycles. The van der Waals surface area contributed by atoms with E-state index in [0.717, 1.165) is 36.3 Å². The molecule has 0 aliphatic heterocycles. The second-order valence-electron chi connectivity index (χ2n) is 14.6. The largest absolute Gasteiger partial charge is 0.313 e. The predicted octanol–water partition coefficient (Wildman–Crippen LogP) is 14.5. The summed E-state index contributed by atoms with van der Waals surface area (Å²) in [7, 11) is 0. The van der Waals surface area contributed by atoms with Gasteiger partial charge in [0, 0.05) is 39.4 Å². The van der Waals surface area contributed by atoms with E-state index in [-0.39, 0.29) is 0 Å². The van der Waals surface area contributed by atoms with Crippen LogP contribution in [0.5, 0.6) is 0 Å². The number of benzene rings is 6. The van der Waals surface area contributed by atoms with Crippen LogP contribution in [0.1, 0.15) is 62.3 Å². The first-order valence-corrected chi connectivity index (χ1v) is 19.0. The van der Waals surface area contributed by atoms with E-state index in [2.05, 4.69) is 199 Å². The van der Waals surface area contributed by atoms with E-state index in [4.69, 9.17) is 0 Å². The van der Waals surface area contributed by atoms with Crippen molar-refractivity contribution in [1.29, 1.82) is 0 Å². The van der Waals surface area contributed by atoms with Crippen LogP contribution in [-0.2, 0) is 0 Å². The highest BCUT2D eigenvalue weighted by molar-refractivity contribution is 5.94. The molecule has 258 valence electrons. The maximum absolute atomic E-state index is 2.50. The van der Waals surface area contributed by atoms with Crippen LogP contribution < -0.4 is 4.90 Å². The fourth-order valence-electron chi connectivity index (χ4n) is 8.25. The molecule has 0 saturated carbocycles. The van der Waals surface area contributed by atoms with Crippen LogP contribution in [0.2, 0.25) is 0 Å². The lowest BCUT2D eigenvalue weighted by Gasteiger charge is -2.26. The molecular weight excluding hydrogens is 641 g/mol. The van der Waals surface area contributed by atoms with E-state index in [9.17, 15) is 0 Å². The molecule has 1 aromatic heterocycles. The SMILES string of the molecule is CC1=Cc2c(n(-c3ccc(-c4ccc(N(c5ccc(C6=CC=CCC6)cc5)c5ccc(-c6ccccc6)cc5)cc4)cc3)c3ccccc23)C(C)CC1. The molecule has 1 unspecified atom stereocenters. The Hall–Kier alpha value is -6.12. The number of hydrogen-bond acceptors (Lipinski definition) is 1. The van der Waals surface area contributed by atoms with Gasteiger partial charge in [0.1, 0.15) is 0 Å². The molecule has 0 bridgehead atoms. The van der Waals surface area contributed by atoms with Gasteiger partial charge >= 0.3 is 0 Å². The second kappa shape index (κ2) is 14.1. The number of hydrogen-bond donors (Lipinski definition) is 0. The van der Waals surface area contributed by atoms with Crippen molar-refractivity contribution in [3.63, 3.8) is 0 Å². The molecule has 2 aliphatic rings. The normalized spacial score (nSPS) is 15.4. The van der Waals surface area contributed by atoms with Gasteiger partial charge in [0.25, 0.3) is 0 Å². The molecule has 1 heterocycles. The van der Waals surface area contributed by atoms with Gasteiger partial charge in [-0.25, -0.2) is 0 Å². The Kier molecular flexibility index (Phi) is 8.73. The first-order valence-electron chi connectivity index (χ1n) is 19.0. The van der Waals surface area contributed by atoms with Gasteiger partial charge < -0.3 is 9.47 Å². The molecule has 2 nitrogen and oxygen atoms in total. The summed E-state index contributed by atoms with van der Waals surface area (Å²) < 4.78 is 2.50. The molecule has 0 fully saturated rings. The highest BCUT2D eigenvalue weighted by atomic mass is 15.1. The van der Waals surface area contributed by atoms with E-state index in [1.807, 2.05) is 0 Å². The Balaban J connectivity index is 1.05. The van der Waals surface area contributed by atoms with Gasteiger partial charge in [-0.1, -0.05) is 134 Å². The predicted molar refractivity (Wildman–Crippen MR) is 226 cm³/mol. The van der Waals surface area contributed by atoms with Crippen LogP contribution in [-0.4, -0.2) is 4.57 Å². The average molecular weight is 685 g/mol. The van der Waals surface area contributed by atoms with Crippen molar-refractivity contribution in [2.24, 2.45) is 0 Å². The Morgan fingerprint density at radius 2 is 1.11 bits per heavy atom. The topological polar surface area (TPSA) is 8.17 Å². The first-order chi connectivity index (χ1) is 26.1. The first kappa shape index (κ1) is 32.8. The van der Waals surface area contributed by atoms with Crippen molar-refractivity contribution in [2.75, 3.05) is 4.90 Å². The molecule has 9 rings (SSSR count). The van der Waals surface area contributed by atoms with Crippen LogP contribution in [0, 0.1) is 0 Å². The lowest BCUT2D eigenvalue weighted by molar-refractivity contribution is 0.654. The zero-order chi connectivity index (χ0) is 35.7. The minimum Gasteiger partial charge on any atom is -0.313 e. The second-order valence-corrected chi connectivity index (χ2v) is 14.6. The van der Waals surface area contributed by atoms with Gasteiger partial charge in [-0.05, 0) is 127 Å². The summed E-state index contributed by atoms with van der Waals surface area (Å²) in [5, 5.41) is 1.34. The minimum atomic E-state index is 0.480. The number of nitrogens with zero attached hydrogens (tertiary/aromatic N) is 2. The molecule has 0 radical (unpaired) electrons. The fraction of sp³-hybridized carbons (Fsp3) is 0.137. The van der Waals surface area contributed by atoms with Gasteiger partial charge in [0.15, 0.2) is 0 Å². The third kappa shape index (κ3) is 6.36. The van der Waals surface area contributed by atoms with Crippen molar-refractivity contribution in [1.82, 2.24) is 4.57 Å². The van der Waals surface area contributed by atoms with Crippen molar-refractivity contribution in [3.05, 3.63) is 192 Å². The third-order valence-corrected chi connectivity index (χ3v) is 11.1. The lowest BCUT2D eigenvalue weighted by Crippen LogP contribution is -2.10. The van der Waals surface area contributed by atoms with Gasteiger partial charge in [-0.3, -0.25) is 0 Å². The van der Waals surface area contributed by atoms with Crippen LogP contribution >= 0.6 is 0 Å². The fourth-order valence-corrected chi connectivity index (χ4v) is 8.25. The molecule has 2 heteroatoms. The zero-order valence-electron chi connectivity index (χ0n) is 30.5. The van der Waals surface area contributed by atoms with Crippen LogP contribution in [0.25, 0.3) is 50.5 Å². The Morgan fingerprint density at radius 3 is 1.72 bits per heavy atom. The van der Waals surface area contributed by atoms with Crippen molar-refractivity contribution >= 4 is 39.6 Å².